The van der Waals surface area contributed by atoms with Gasteiger partial charge < -0.3 is 15.1 Å². The van der Waals surface area contributed by atoms with Gasteiger partial charge in [-0.1, -0.05) is 18.2 Å². The van der Waals surface area contributed by atoms with Crippen molar-refractivity contribution in [2.75, 3.05) is 33.2 Å². The van der Waals surface area contributed by atoms with Crippen LogP contribution in [0.3, 0.4) is 0 Å². The van der Waals surface area contributed by atoms with Gasteiger partial charge in [0.15, 0.2) is 5.96 Å². The number of nitrogens with one attached hydrogen (secondary N) is 2. The summed E-state index contributed by atoms with van der Waals surface area (Å²) in [5.41, 5.74) is 1.00. The Morgan fingerprint density at radius 1 is 1.19 bits per heavy atom. The second-order valence-electron chi connectivity index (χ2n) is 8.87. The first kappa shape index (κ1) is 22.2. The van der Waals surface area contributed by atoms with Gasteiger partial charge >= 0.3 is 0 Å². The quantitative estimate of drug-likeness (QED) is 0.477. The molecule has 1 aliphatic carbocycles. The number of benzene rings is 1. The largest absolute Gasteiger partial charge is 0.444 e. The Morgan fingerprint density at radius 2 is 1.94 bits per heavy atom. The van der Waals surface area contributed by atoms with Gasteiger partial charge in [0.25, 0.3) is 0 Å². The molecule has 1 saturated carbocycles. The topological polar surface area (TPSA) is 65.7 Å². The van der Waals surface area contributed by atoms with Crippen LogP contribution in [0.4, 0.5) is 0 Å². The van der Waals surface area contributed by atoms with E-state index in [1.165, 1.54) is 30.6 Å². The third-order valence-electron chi connectivity index (χ3n) is 6.38. The van der Waals surface area contributed by atoms with Crippen LogP contribution < -0.4 is 10.6 Å². The van der Waals surface area contributed by atoms with Gasteiger partial charge in [0, 0.05) is 29.8 Å². The maximum absolute atomic E-state index is 5.74. The van der Waals surface area contributed by atoms with Crippen molar-refractivity contribution in [3.8, 4) is 0 Å². The molecule has 4 rings (SSSR count). The fraction of sp³-hybridized carbons (Fsp3) is 0.583. The van der Waals surface area contributed by atoms with E-state index in [0.717, 1.165) is 56.0 Å². The minimum absolute atomic E-state index is 0.320. The molecule has 0 bridgehead atoms. The van der Waals surface area contributed by atoms with Gasteiger partial charge in [-0.15, -0.1) is 11.8 Å². The lowest BCUT2D eigenvalue weighted by Gasteiger charge is -2.31. The average molecular weight is 442 g/mol. The lowest BCUT2D eigenvalue weighted by Crippen LogP contribution is -2.44. The smallest absolute Gasteiger partial charge is 0.208 e. The number of thioether (sulfide) groups is 1. The predicted molar refractivity (Wildman–Crippen MR) is 128 cm³/mol. The van der Waals surface area contributed by atoms with Gasteiger partial charge in [0.05, 0.1) is 12.2 Å². The Kier molecular flexibility index (Phi) is 7.23. The number of rotatable bonds is 8. The van der Waals surface area contributed by atoms with Crippen molar-refractivity contribution in [2.45, 2.75) is 55.7 Å². The van der Waals surface area contributed by atoms with Gasteiger partial charge in [-0.3, -0.25) is 9.89 Å². The first-order valence-electron chi connectivity index (χ1n) is 11.4. The number of oxazole rings is 1. The fourth-order valence-corrected chi connectivity index (χ4v) is 5.29. The van der Waals surface area contributed by atoms with E-state index in [0.29, 0.717) is 10.7 Å². The minimum Gasteiger partial charge on any atom is -0.444 e. The van der Waals surface area contributed by atoms with Crippen molar-refractivity contribution in [1.29, 1.82) is 0 Å². The summed E-state index contributed by atoms with van der Waals surface area (Å²) < 4.78 is 6.06. The fourth-order valence-electron chi connectivity index (χ4n) is 4.05. The summed E-state index contributed by atoms with van der Waals surface area (Å²) in [4.78, 5) is 12.8. The van der Waals surface area contributed by atoms with Crippen LogP contribution in [0.1, 0.15) is 43.0 Å². The van der Waals surface area contributed by atoms with E-state index in [9.17, 15) is 0 Å². The zero-order chi connectivity index (χ0) is 21.7. The van der Waals surface area contributed by atoms with Crippen LogP contribution >= 0.6 is 11.8 Å². The molecule has 0 radical (unpaired) electrons. The number of hydrogen-bond acceptors (Lipinski definition) is 5. The molecule has 2 N–H and O–H groups in total. The van der Waals surface area contributed by atoms with Crippen LogP contribution in [0.5, 0.6) is 0 Å². The summed E-state index contributed by atoms with van der Waals surface area (Å²) in [6.45, 7) is 8.93. The molecule has 168 valence electrons. The summed E-state index contributed by atoms with van der Waals surface area (Å²) in [6.07, 6.45) is 4.91. The lowest BCUT2D eigenvalue weighted by atomic mass is 9.97. The van der Waals surface area contributed by atoms with E-state index in [-0.39, 0.29) is 0 Å². The van der Waals surface area contributed by atoms with Crippen LogP contribution in [-0.4, -0.2) is 53.8 Å². The highest BCUT2D eigenvalue weighted by Gasteiger charge is 2.43. The molecule has 0 unspecified atom stereocenters. The third kappa shape index (κ3) is 6.26. The van der Waals surface area contributed by atoms with Crippen LogP contribution in [0.15, 0.2) is 44.6 Å². The number of hydrogen-bond donors (Lipinski definition) is 2. The molecule has 1 aromatic carbocycles. The second kappa shape index (κ2) is 10.1. The number of aliphatic imine (C=N–C) groups is 1. The Balaban J connectivity index is 1.16. The zero-order valence-corrected chi connectivity index (χ0v) is 19.8. The van der Waals surface area contributed by atoms with E-state index in [1.807, 2.05) is 32.7 Å². The highest BCUT2D eigenvalue weighted by Crippen LogP contribution is 2.51. The Morgan fingerprint density at radius 3 is 2.55 bits per heavy atom. The average Bonchev–Trinajstić information content (AvgIpc) is 3.47. The molecule has 1 saturated heterocycles. The van der Waals surface area contributed by atoms with Gasteiger partial charge in [-0.25, -0.2) is 4.98 Å². The molecule has 2 aromatic rings. The summed E-state index contributed by atoms with van der Waals surface area (Å²) in [7, 11) is 1.86. The van der Waals surface area contributed by atoms with Crippen molar-refractivity contribution in [2.24, 2.45) is 10.9 Å². The first-order valence-corrected chi connectivity index (χ1v) is 12.2. The monoisotopic (exact) mass is 441 g/mol. The van der Waals surface area contributed by atoms with E-state index in [4.69, 9.17) is 4.42 Å². The molecule has 6 nitrogen and oxygen atoms in total. The van der Waals surface area contributed by atoms with Crippen molar-refractivity contribution in [3.05, 3.63) is 47.7 Å². The lowest BCUT2D eigenvalue weighted by molar-refractivity contribution is 0.164. The third-order valence-corrected chi connectivity index (χ3v) is 7.88. The van der Waals surface area contributed by atoms with Crippen molar-refractivity contribution >= 4 is 17.7 Å². The molecule has 31 heavy (non-hydrogen) atoms. The molecule has 0 atom stereocenters. The highest BCUT2D eigenvalue weighted by molar-refractivity contribution is 8.01. The molecule has 2 fully saturated rings. The van der Waals surface area contributed by atoms with E-state index >= 15 is 0 Å². The Labute approximate surface area is 190 Å². The maximum atomic E-state index is 5.74. The molecule has 0 amide bonds. The summed E-state index contributed by atoms with van der Waals surface area (Å²) in [6, 6.07) is 10.7. The van der Waals surface area contributed by atoms with Gasteiger partial charge in [-0.05, 0) is 70.7 Å². The molecule has 7 heteroatoms. The summed E-state index contributed by atoms with van der Waals surface area (Å²) in [5.74, 6) is 3.38. The molecule has 1 aliphatic heterocycles. The standard InChI is InChI=1S/C24H35N5OS/c1-18-19(2)30-22(28-18)16-29-13-9-20(10-14-29)15-26-23(25-3)27-17-24(11-12-24)31-21-7-5-4-6-8-21/h4-8,20H,9-17H2,1-3H3,(H2,25,26,27). The number of aromatic nitrogens is 1. The van der Waals surface area contributed by atoms with E-state index in [1.54, 1.807) is 0 Å². The van der Waals surface area contributed by atoms with Crippen LogP contribution in [0.2, 0.25) is 0 Å². The van der Waals surface area contributed by atoms with Crippen LogP contribution in [-0.2, 0) is 6.54 Å². The van der Waals surface area contributed by atoms with E-state index < -0.39 is 0 Å². The second-order valence-corrected chi connectivity index (χ2v) is 10.4. The molecule has 2 aliphatic rings. The molecular weight excluding hydrogens is 406 g/mol. The summed E-state index contributed by atoms with van der Waals surface area (Å²) in [5, 5.41) is 7.13. The molecule has 2 heterocycles. The summed E-state index contributed by atoms with van der Waals surface area (Å²) >= 11 is 2.00. The minimum atomic E-state index is 0.320. The predicted octanol–water partition coefficient (Wildman–Crippen LogP) is 3.99. The Bertz CT molecular complexity index is 850. The normalized spacial score (nSPS) is 19.4. The Hall–Kier alpha value is -1.99. The number of piperidine rings is 1. The SMILES string of the molecule is CN=C(NCC1CCN(Cc2nc(C)c(C)o2)CC1)NCC1(Sc2ccccc2)CC1. The van der Waals surface area contributed by atoms with Crippen LogP contribution in [0.25, 0.3) is 0 Å². The molecule has 0 spiro atoms. The molecule has 1 aromatic heterocycles. The first-order chi connectivity index (χ1) is 15.0. The van der Waals surface area contributed by atoms with Gasteiger partial charge in [-0.2, -0.15) is 0 Å². The number of guanidine groups is 1. The van der Waals surface area contributed by atoms with Gasteiger partial charge in [0.1, 0.15) is 5.76 Å². The number of likely N-dealkylation sites (tertiary alicyclic amines) is 1. The zero-order valence-electron chi connectivity index (χ0n) is 19.0. The molecular formula is C24H35N5OS. The van der Waals surface area contributed by atoms with Crippen molar-refractivity contribution < 1.29 is 4.42 Å². The highest BCUT2D eigenvalue weighted by atomic mass is 32.2. The van der Waals surface area contributed by atoms with E-state index in [2.05, 4.69) is 55.8 Å². The van der Waals surface area contributed by atoms with Gasteiger partial charge in [0.2, 0.25) is 5.89 Å². The van der Waals surface area contributed by atoms with Crippen molar-refractivity contribution in [3.63, 3.8) is 0 Å². The number of nitrogens with zero attached hydrogens (tertiary/aromatic N) is 3. The number of aryl methyl sites for hydroxylation is 2. The van der Waals surface area contributed by atoms with Crippen LogP contribution in [0, 0.1) is 19.8 Å². The maximum Gasteiger partial charge on any atom is 0.208 e. The van der Waals surface area contributed by atoms with Crippen molar-refractivity contribution in [1.82, 2.24) is 20.5 Å².